The highest BCUT2D eigenvalue weighted by Crippen LogP contribution is 2.33. The van der Waals surface area contributed by atoms with E-state index in [4.69, 9.17) is 0 Å². The summed E-state index contributed by atoms with van der Waals surface area (Å²) >= 11 is 0. The average molecular weight is 280 g/mol. The highest BCUT2D eigenvalue weighted by Gasteiger charge is 2.41. The number of carbonyl (C=O) groups is 1. The fourth-order valence-corrected chi connectivity index (χ4v) is 3.83. The molecule has 0 radical (unpaired) electrons. The molecular formula is C17H32N2O. The molecule has 3 nitrogen and oxygen atoms in total. The van der Waals surface area contributed by atoms with E-state index in [2.05, 4.69) is 37.9 Å². The third-order valence-corrected chi connectivity index (χ3v) is 4.99. The second-order valence-corrected chi connectivity index (χ2v) is 7.80. The first kappa shape index (κ1) is 15.8. The summed E-state index contributed by atoms with van der Waals surface area (Å²) in [7, 11) is 0. The Labute approximate surface area is 124 Å². The summed E-state index contributed by atoms with van der Waals surface area (Å²) in [5, 5.41) is 3.50. The Morgan fingerprint density at radius 3 is 2.45 bits per heavy atom. The maximum Gasteiger partial charge on any atom is 0.240 e. The lowest BCUT2D eigenvalue weighted by Gasteiger charge is -2.42. The van der Waals surface area contributed by atoms with Gasteiger partial charge >= 0.3 is 0 Å². The first-order chi connectivity index (χ1) is 9.42. The van der Waals surface area contributed by atoms with E-state index in [0.29, 0.717) is 17.9 Å². The van der Waals surface area contributed by atoms with Crippen molar-refractivity contribution in [1.82, 2.24) is 10.2 Å². The van der Waals surface area contributed by atoms with Crippen LogP contribution in [0.2, 0.25) is 0 Å². The second-order valence-electron chi connectivity index (χ2n) is 7.80. The molecule has 1 aliphatic carbocycles. The summed E-state index contributed by atoms with van der Waals surface area (Å²) in [6.45, 7) is 10.8. The zero-order valence-electron chi connectivity index (χ0n) is 13.7. The van der Waals surface area contributed by atoms with Gasteiger partial charge in [0, 0.05) is 12.6 Å². The molecule has 2 fully saturated rings. The van der Waals surface area contributed by atoms with Crippen LogP contribution in [0.3, 0.4) is 0 Å². The third kappa shape index (κ3) is 3.55. The maximum atomic E-state index is 13.1. The summed E-state index contributed by atoms with van der Waals surface area (Å²) in [6.07, 6.45) is 7.31. The molecule has 1 N–H and O–H groups in total. The van der Waals surface area contributed by atoms with E-state index in [9.17, 15) is 4.79 Å². The van der Waals surface area contributed by atoms with Crippen LogP contribution in [0, 0.1) is 11.3 Å². The molecule has 0 spiro atoms. The number of hydrogen-bond donors (Lipinski definition) is 1. The Morgan fingerprint density at radius 1 is 1.25 bits per heavy atom. The molecule has 1 saturated heterocycles. The molecule has 0 aromatic carbocycles. The predicted octanol–water partition coefficient (Wildman–Crippen LogP) is 3.19. The van der Waals surface area contributed by atoms with Crippen molar-refractivity contribution in [3.8, 4) is 0 Å². The lowest BCUT2D eigenvalue weighted by molar-refractivity contribution is -0.140. The zero-order chi connectivity index (χ0) is 14.8. The molecule has 1 atom stereocenters. The van der Waals surface area contributed by atoms with Crippen molar-refractivity contribution in [2.45, 2.75) is 78.3 Å². The SMILES string of the molecule is CC(C)CN(C(=O)C1NCCCC1(C)C)C1CCCC1. The summed E-state index contributed by atoms with van der Waals surface area (Å²) in [4.78, 5) is 15.3. The molecule has 20 heavy (non-hydrogen) atoms. The van der Waals surface area contributed by atoms with Gasteiger partial charge in [-0.1, -0.05) is 40.5 Å². The van der Waals surface area contributed by atoms with Gasteiger partial charge in [-0.3, -0.25) is 4.79 Å². The number of carbonyl (C=O) groups excluding carboxylic acids is 1. The van der Waals surface area contributed by atoms with Gasteiger partial charge in [0.15, 0.2) is 0 Å². The Hall–Kier alpha value is -0.570. The van der Waals surface area contributed by atoms with Gasteiger partial charge in [0.05, 0.1) is 6.04 Å². The van der Waals surface area contributed by atoms with Crippen LogP contribution in [0.4, 0.5) is 0 Å². The average Bonchev–Trinajstić information content (AvgIpc) is 2.88. The number of hydrogen-bond acceptors (Lipinski definition) is 2. The van der Waals surface area contributed by atoms with Gasteiger partial charge in [-0.25, -0.2) is 0 Å². The Morgan fingerprint density at radius 2 is 1.90 bits per heavy atom. The van der Waals surface area contributed by atoms with Crippen LogP contribution in [0.5, 0.6) is 0 Å². The summed E-state index contributed by atoms with van der Waals surface area (Å²) in [5.74, 6) is 0.904. The first-order valence-electron chi connectivity index (χ1n) is 8.45. The minimum absolute atomic E-state index is 0.00981. The van der Waals surface area contributed by atoms with Crippen molar-refractivity contribution < 1.29 is 4.79 Å². The van der Waals surface area contributed by atoms with E-state index >= 15 is 0 Å². The minimum atomic E-state index is 0.00981. The van der Waals surface area contributed by atoms with E-state index in [1.807, 2.05) is 0 Å². The molecule has 116 valence electrons. The predicted molar refractivity (Wildman–Crippen MR) is 83.6 cm³/mol. The Kier molecular flexibility index (Phi) is 5.11. The van der Waals surface area contributed by atoms with Crippen molar-refractivity contribution in [2.75, 3.05) is 13.1 Å². The van der Waals surface area contributed by atoms with Crippen LogP contribution in [0.15, 0.2) is 0 Å². The highest BCUT2D eigenvalue weighted by molar-refractivity contribution is 5.83. The number of nitrogens with zero attached hydrogens (tertiary/aromatic N) is 1. The van der Waals surface area contributed by atoms with Crippen LogP contribution in [-0.4, -0.2) is 36.0 Å². The van der Waals surface area contributed by atoms with Gasteiger partial charge in [0.1, 0.15) is 0 Å². The van der Waals surface area contributed by atoms with Crippen LogP contribution in [0.1, 0.15) is 66.2 Å². The number of nitrogens with one attached hydrogen (secondary N) is 1. The highest BCUT2D eigenvalue weighted by atomic mass is 16.2. The molecule has 0 aromatic heterocycles. The van der Waals surface area contributed by atoms with E-state index in [0.717, 1.165) is 19.5 Å². The molecule has 3 heteroatoms. The zero-order valence-corrected chi connectivity index (χ0v) is 13.7. The fraction of sp³-hybridized carbons (Fsp3) is 0.941. The molecule has 0 bridgehead atoms. The summed E-state index contributed by atoms with van der Waals surface area (Å²) < 4.78 is 0. The van der Waals surface area contributed by atoms with Gasteiger partial charge in [0.25, 0.3) is 0 Å². The molecule has 1 saturated carbocycles. The Bertz CT molecular complexity index is 332. The summed E-state index contributed by atoms with van der Waals surface area (Å²) in [5.41, 5.74) is 0.0865. The first-order valence-corrected chi connectivity index (χ1v) is 8.45. The van der Waals surface area contributed by atoms with Crippen molar-refractivity contribution in [2.24, 2.45) is 11.3 Å². The normalized spacial score (nSPS) is 26.9. The van der Waals surface area contributed by atoms with Gasteiger partial charge < -0.3 is 10.2 Å². The van der Waals surface area contributed by atoms with Gasteiger partial charge in [-0.15, -0.1) is 0 Å². The van der Waals surface area contributed by atoms with Crippen molar-refractivity contribution in [1.29, 1.82) is 0 Å². The molecule has 0 aromatic rings. The molecule has 1 amide bonds. The van der Waals surface area contributed by atoms with E-state index in [1.165, 1.54) is 32.1 Å². The lowest BCUT2D eigenvalue weighted by Crippen LogP contribution is -2.58. The molecule has 2 aliphatic rings. The molecular weight excluding hydrogens is 248 g/mol. The molecule has 1 aliphatic heterocycles. The molecule has 2 rings (SSSR count). The molecule has 1 heterocycles. The van der Waals surface area contributed by atoms with Gasteiger partial charge in [-0.05, 0) is 43.6 Å². The smallest absolute Gasteiger partial charge is 0.240 e. The standard InChI is InChI=1S/C17H32N2O/c1-13(2)12-19(14-8-5-6-9-14)16(20)15-17(3,4)10-7-11-18-15/h13-15,18H,5-12H2,1-4H3. The minimum Gasteiger partial charge on any atom is -0.338 e. The molecule has 1 unspecified atom stereocenters. The van der Waals surface area contributed by atoms with Crippen molar-refractivity contribution in [3.63, 3.8) is 0 Å². The van der Waals surface area contributed by atoms with Crippen LogP contribution in [-0.2, 0) is 4.79 Å². The van der Waals surface area contributed by atoms with E-state index < -0.39 is 0 Å². The van der Waals surface area contributed by atoms with Crippen molar-refractivity contribution in [3.05, 3.63) is 0 Å². The van der Waals surface area contributed by atoms with E-state index in [-0.39, 0.29) is 11.5 Å². The van der Waals surface area contributed by atoms with Crippen LogP contribution in [0.25, 0.3) is 0 Å². The van der Waals surface area contributed by atoms with Crippen LogP contribution < -0.4 is 5.32 Å². The number of rotatable bonds is 4. The van der Waals surface area contributed by atoms with Crippen molar-refractivity contribution >= 4 is 5.91 Å². The maximum absolute atomic E-state index is 13.1. The Balaban J connectivity index is 2.12. The summed E-state index contributed by atoms with van der Waals surface area (Å²) in [6, 6.07) is 0.500. The number of amides is 1. The van der Waals surface area contributed by atoms with Gasteiger partial charge in [0.2, 0.25) is 5.91 Å². The topological polar surface area (TPSA) is 32.3 Å². The van der Waals surface area contributed by atoms with Gasteiger partial charge in [-0.2, -0.15) is 0 Å². The number of piperidine rings is 1. The van der Waals surface area contributed by atoms with E-state index in [1.54, 1.807) is 0 Å². The second kappa shape index (κ2) is 6.46. The third-order valence-electron chi connectivity index (χ3n) is 4.99. The fourth-order valence-electron chi connectivity index (χ4n) is 3.83. The lowest BCUT2D eigenvalue weighted by atomic mass is 9.76. The van der Waals surface area contributed by atoms with Crippen LogP contribution >= 0.6 is 0 Å². The quantitative estimate of drug-likeness (QED) is 0.857. The monoisotopic (exact) mass is 280 g/mol. The largest absolute Gasteiger partial charge is 0.338 e.